The van der Waals surface area contributed by atoms with Gasteiger partial charge in [0.2, 0.25) is 0 Å². The molecule has 0 aromatic heterocycles. The first-order chi connectivity index (χ1) is 8.15. The van der Waals surface area contributed by atoms with E-state index in [0.29, 0.717) is 0 Å². The first-order valence-corrected chi connectivity index (χ1v) is 7.07. The number of rotatable bonds is 7. The van der Waals surface area contributed by atoms with Crippen molar-refractivity contribution in [2.45, 2.75) is 64.0 Å². The number of likely N-dealkylation sites (tertiary alicyclic amines) is 1. The average Bonchev–Trinajstić information content (AvgIpc) is 2.39. The summed E-state index contributed by atoms with van der Waals surface area (Å²) in [7, 11) is 1.72. The molecule has 0 amide bonds. The zero-order chi connectivity index (χ0) is 12.7. The molecule has 1 aliphatic heterocycles. The SMILES string of the molecule is CCC(C)(C(O)CCCOC)N1CCCCC1. The van der Waals surface area contributed by atoms with Crippen molar-refractivity contribution in [1.29, 1.82) is 0 Å². The van der Waals surface area contributed by atoms with Crippen molar-refractivity contribution >= 4 is 0 Å². The van der Waals surface area contributed by atoms with Gasteiger partial charge < -0.3 is 9.84 Å². The standard InChI is InChI=1S/C14H29NO2/c1-4-14(2,13(16)9-8-12-17-3)15-10-6-5-7-11-15/h13,16H,4-12H2,1-3H3. The van der Waals surface area contributed by atoms with Gasteiger partial charge in [-0.3, -0.25) is 4.90 Å². The first-order valence-electron chi connectivity index (χ1n) is 7.07. The minimum absolute atomic E-state index is 0.0475. The molecule has 0 aromatic rings. The molecular weight excluding hydrogens is 214 g/mol. The van der Waals surface area contributed by atoms with Gasteiger partial charge in [0.1, 0.15) is 0 Å². The normalized spacial score (nSPS) is 23.3. The number of hydrogen-bond acceptors (Lipinski definition) is 3. The molecule has 1 aliphatic rings. The lowest BCUT2D eigenvalue weighted by Gasteiger charge is -2.46. The number of nitrogens with zero attached hydrogens (tertiary/aromatic N) is 1. The number of aliphatic hydroxyl groups excluding tert-OH is 1. The smallest absolute Gasteiger partial charge is 0.0721 e. The van der Waals surface area contributed by atoms with Crippen LogP contribution in [0.15, 0.2) is 0 Å². The van der Waals surface area contributed by atoms with Crippen LogP contribution in [0.4, 0.5) is 0 Å². The third-order valence-corrected chi connectivity index (χ3v) is 4.34. The first kappa shape index (κ1) is 14.9. The lowest BCUT2D eigenvalue weighted by molar-refractivity contribution is -0.0397. The van der Waals surface area contributed by atoms with Crippen molar-refractivity contribution in [3.8, 4) is 0 Å². The molecule has 0 aliphatic carbocycles. The second kappa shape index (κ2) is 7.34. The Morgan fingerprint density at radius 2 is 1.94 bits per heavy atom. The van der Waals surface area contributed by atoms with Crippen molar-refractivity contribution in [1.82, 2.24) is 4.90 Å². The maximum absolute atomic E-state index is 10.4. The van der Waals surface area contributed by atoms with Gasteiger partial charge >= 0.3 is 0 Å². The number of methoxy groups -OCH3 is 1. The summed E-state index contributed by atoms with van der Waals surface area (Å²) in [5, 5.41) is 10.4. The third-order valence-electron chi connectivity index (χ3n) is 4.34. The van der Waals surface area contributed by atoms with Crippen LogP contribution in [0, 0.1) is 0 Å². The highest BCUT2D eigenvalue weighted by Gasteiger charge is 2.37. The molecule has 0 aromatic carbocycles. The summed E-state index contributed by atoms with van der Waals surface area (Å²) in [6.07, 6.45) is 6.47. The quantitative estimate of drug-likeness (QED) is 0.697. The fourth-order valence-corrected chi connectivity index (χ4v) is 2.81. The van der Waals surface area contributed by atoms with Gasteiger partial charge in [-0.25, -0.2) is 0 Å². The van der Waals surface area contributed by atoms with E-state index in [-0.39, 0.29) is 11.6 Å². The fraction of sp³-hybridized carbons (Fsp3) is 1.00. The molecule has 2 unspecified atom stereocenters. The number of piperidine rings is 1. The summed E-state index contributed by atoms with van der Waals surface area (Å²) in [4.78, 5) is 2.49. The second-order valence-corrected chi connectivity index (χ2v) is 5.41. The van der Waals surface area contributed by atoms with Crippen LogP contribution in [0.2, 0.25) is 0 Å². The van der Waals surface area contributed by atoms with Gasteiger partial charge in [0.25, 0.3) is 0 Å². The molecule has 102 valence electrons. The van der Waals surface area contributed by atoms with Crippen LogP contribution >= 0.6 is 0 Å². The predicted molar refractivity (Wildman–Crippen MR) is 71.2 cm³/mol. The van der Waals surface area contributed by atoms with E-state index in [1.54, 1.807) is 7.11 Å². The Morgan fingerprint density at radius 1 is 1.29 bits per heavy atom. The molecule has 3 heteroatoms. The van der Waals surface area contributed by atoms with Gasteiger partial charge in [0.15, 0.2) is 0 Å². The Morgan fingerprint density at radius 3 is 2.47 bits per heavy atom. The van der Waals surface area contributed by atoms with Crippen molar-refractivity contribution in [2.24, 2.45) is 0 Å². The van der Waals surface area contributed by atoms with Crippen LogP contribution in [0.1, 0.15) is 52.4 Å². The summed E-state index contributed by atoms with van der Waals surface area (Å²) in [5.41, 5.74) is -0.0475. The number of hydrogen-bond donors (Lipinski definition) is 1. The molecule has 0 spiro atoms. The van der Waals surface area contributed by atoms with Gasteiger partial charge in [-0.2, -0.15) is 0 Å². The highest BCUT2D eigenvalue weighted by Crippen LogP contribution is 2.29. The minimum Gasteiger partial charge on any atom is -0.391 e. The van der Waals surface area contributed by atoms with Crippen LogP contribution < -0.4 is 0 Å². The monoisotopic (exact) mass is 243 g/mol. The predicted octanol–water partition coefficient (Wildman–Crippen LogP) is 2.43. The zero-order valence-corrected chi connectivity index (χ0v) is 11.7. The second-order valence-electron chi connectivity index (χ2n) is 5.41. The molecule has 0 radical (unpaired) electrons. The van der Waals surface area contributed by atoms with Crippen molar-refractivity contribution in [3.63, 3.8) is 0 Å². The summed E-state index contributed by atoms with van der Waals surface area (Å²) >= 11 is 0. The Bertz CT molecular complexity index is 204. The Balaban J connectivity index is 2.52. The molecule has 1 heterocycles. The Kier molecular flexibility index (Phi) is 6.45. The van der Waals surface area contributed by atoms with Gasteiger partial charge in [0, 0.05) is 19.3 Å². The van der Waals surface area contributed by atoms with E-state index >= 15 is 0 Å². The maximum atomic E-state index is 10.4. The van der Waals surface area contributed by atoms with Crippen LogP contribution in [-0.4, -0.2) is 48.5 Å². The van der Waals surface area contributed by atoms with Crippen LogP contribution in [0.25, 0.3) is 0 Å². The van der Waals surface area contributed by atoms with Crippen LogP contribution in [-0.2, 0) is 4.74 Å². The van der Waals surface area contributed by atoms with E-state index in [9.17, 15) is 5.11 Å². The molecule has 1 fully saturated rings. The van der Waals surface area contributed by atoms with E-state index < -0.39 is 0 Å². The highest BCUT2D eigenvalue weighted by molar-refractivity contribution is 4.93. The number of ether oxygens (including phenoxy) is 1. The van der Waals surface area contributed by atoms with Gasteiger partial charge in [-0.05, 0) is 52.1 Å². The van der Waals surface area contributed by atoms with Gasteiger partial charge in [-0.1, -0.05) is 13.3 Å². The topological polar surface area (TPSA) is 32.7 Å². The third kappa shape index (κ3) is 3.94. The lowest BCUT2D eigenvalue weighted by atomic mass is 9.85. The molecule has 0 bridgehead atoms. The molecule has 3 nitrogen and oxygen atoms in total. The number of aliphatic hydroxyl groups is 1. The van der Waals surface area contributed by atoms with Crippen LogP contribution in [0.3, 0.4) is 0 Å². The van der Waals surface area contributed by atoms with Crippen LogP contribution in [0.5, 0.6) is 0 Å². The summed E-state index contributed by atoms with van der Waals surface area (Å²) in [6.45, 7) is 7.44. The molecular formula is C14H29NO2. The molecule has 1 N–H and O–H groups in total. The molecule has 0 saturated carbocycles. The fourth-order valence-electron chi connectivity index (χ4n) is 2.81. The van der Waals surface area contributed by atoms with E-state index in [0.717, 1.165) is 39.0 Å². The largest absolute Gasteiger partial charge is 0.391 e. The van der Waals surface area contributed by atoms with Crippen molar-refractivity contribution < 1.29 is 9.84 Å². The van der Waals surface area contributed by atoms with E-state index in [2.05, 4.69) is 18.7 Å². The molecule has 1 rings (SSSR count). The maximum Gasteiger partial charge on any atom is 0.0721 e. The average molecular weight is 243 g/mol. The van der Waals surface area contributed by atoms with Gasteiger partial charge in [0.05, 0.1) is 6.10 Å². The molecule has 1 saturated heterocycles. The summed E-state index contributed by atoms with van der Waals surface area (Å²) in [6, 6.07) is 0. The van der Waals surface area contributed by atoms with E-state index in [1.165, 1.54) is 19.3 Å². The minimum atomic E-state index is -0.235. The van der Waals surface area contributed by atoms with Crippen molar-refractivity contribution in [3.05, 3.63) is 0 Å². The summed E-state index contributed by atoms with van der Waals surface area (Å²) < 4.78 is 5.06. The molecule has 2 atom stereocenters. The molecule has 17 heavy (non-hydrogen) atoms. The van der Waals surface area contributed by atoms with E-state index in [4.69, 9.17) is 4.74 Å². The zero-order valence-electron chi connectivity index (χ0n) is 11.7. The lowest BCUT2D eigenvalue weighted by Crippen LogP contribution is -2.55. The van der Waals surface area contributed by atoms with Crippen molar-refractivity contribution in [2.75, 3.05) is 26.8 Å². The summed E-state index contributed by atoms with van der Waals surface area (Å²) in [5.74, 6) is 0. The highest BCUT2D eigenvalue weighted by atomic mass is 16.5. The van der Waals surface area contributed by atoms with E-state index in [1.807, 2.05) is 0 Å². The Hall–Kier alpha value is -0.120. The Labute approximate surface area is 106 Å². The van der Waals surface area contributed by atoms with Gasteiger partial charge in [-0.15, -0.1) is 0 Å².